The minimum atomic E-state index is -2.30. The van der Waals surface area contributed by atoms with E-state index in [-0.39, 0.29) is 18.6 Å². The molecule has 2 unspecified atom stereocenters. The second-order valence-corrected chi connectivity index (χ2v) is 4.75. The van der Waals surface area contributed by atoms with E-state index in [4.69, 9.17) is 0 Å². The number of hydrogen-bond acceptors (Lipinski definition) is 2. The van der Waals surface area contributed by atoms with E-state index in [0.29, 0.717) is 0 Å². The third-order valence-corrected chi connectivity index (χ3v) is 3.35. The number of rotatable bonds is 6. The van der Waals surface area contributed by atoms with Crippen LogP contribution in [-0.2, 0) is 0 Å². The molecule has 102 valence electrons. The molecule has 0 aliphatic heterocycles. The Balaban J connectivity index is 2.79. The molecule has 0 aliphatic rings. The first-order chi connectivity index (χ1) is 8.45. The first-order valence-corrected chi connectivity index (χ1v) is 6.18. The summed E-state index contributed by atoms with van der Waals surface area (Å²) in [6.07, 6.45) is -2.30. The predicted molar refractivity (Wildman–Crippen MR) is 71.1 cm³/mol. The molecule has 2 atom stereocenters. The minimum Gasteiger partial charge on any atom is -0.312 e. The van der Waals surface area contributed by atoms with Crippen molar-refractivity contribution in [2.24, 2.45) is 0 Å². The van der Waals surface area contributed by atoms with Gasteiger partial charge in [0.15, 0.2) is 0 Å². The summed E-state index contributed by atoms with van der Waals surface area (Å²) in [5, 5.41) is 3.21. The molecule has 0 heterocycles. The third-order valence-electron chi connectivity index (χ3n) is 3.35. The van der Waals surface area contributed by atoms with Crippen molar-refractivity contribution >= 4 is 0 Å². The lowest BCUT2D eigenvalue weighted by Gasteiger charge is -2.32. The molecule has 0 fully saturated rings. The Bertz CT molecular complexity index is 351. The summed E-state index contributed by atoms with van der Waals surface area (Å²) in [7, 11) is 3.59. The van der Waals surface area contributed by atoms with Crippen molar-refractivity contribution < 1.29 is 8.78 Å². The summed E-state index contributed by atoms with van der Waals surface area (Å²) >= 11 is 0. The molecule has 0 radical (unpaired) electrons. The molecule has 2 nitrogen and oxygen atoms in total. The molecule has 0 saturated carbocycles. The largest absolute Gasteiger partial charge is 0.312 e. The van der Waals surface area contributed by atoms with Crippen LogP contribution >= 0.6 is 0 Å². The number of halogens is 2. The predicted octanol–water partition coefficient (Wildman–Crippen LogP) is 2.84. The average Bonchev–Trinajstić information content (AvgIpc) is 2.31. The van der Waals surface area contributed by atoms with Crippen molar-refractivity contribution in [3.63, 3.8) is 0 Å². The van der Waals surface area contributed by atoms with Crippen molar-refractivity contribution in [3.8, 4) is 0 Å². The molecule has 4 heteroatoms. The van der Waals surface area contributed by atoms with Gasteiger partial charge in [0.25, 0.3) is 6.43 Å². The second kappa shape index (κ2) is 6.81. The number of hydrogen-bond donors (Lipinski definition) is 1. The summed E-state index contributed by atoms with van der Waals surface area (Å²) in [5.41, 5.74) is 2.32. The zero-order valence-corrected chi connectivity index (χ0v) is 11.5. The van der Waals surface area contributed by atoms with Crippen LogP contribution in [0, 0.1) is 6.92 Å². The molecule has 0 bridgehead atoms. The van der Waals surface area contributed by atoms with E-state index >= 15 is 0 Å². The highest BCUT2D eigenvalue weighted by molar-refractivity contribution is 5.25. The highest BCUT2D eigenvalue weighted by Gasteiger charge is 2.23. The molecule has 1 rings (SSSR count). The minimum absolute atomic E-state index is 0.00621. The smallest absolute Gasteiger partial charge is 0.251 e. The number of nitrogens with zero attached hydrogens (tertiary/aromatic N) is 1. The first-order valence-electron chi connectivity index (χ1n) is 6.18. The highest BCUT2D eigenvalue weighted by Crippen LogP contribution is 2.20. The summed E-state index contributed by atoms with van der Waals surface area (Å²) in [5.74, 6) is 0. The van der Waals surface area contributed by atoms with E-state index in [2.05, 4.69) is 5.32 Å². The van der Waals surface area contributed by atoms with Crippen LogP contribution in [0.15, 0.2) is 24.3 Å². The Hall–Kier alpha value is -1.00. The van der Waals surface area contributed by atoms with Crippen molar-refractivity contribution in [2.75, 3.05) is 20.6 Å². The maximum absolute atomic E-state index is 12.4. The van der Waals surface area contributed by atoms with Gasteiger partial charge in [0.05, 0.1) is 6.54 Å². The molecule has 0 saturated heterocycles. The second-order valence-electron chi connectivity index (χ2n) is 4.75. The van der Waals surface area contributed by atoms with E-state index in [1.54, 1.807) is 11.9 Å². The maximum Gasteiger partial charge on any atom is 0.251 e. The zero-order chi connectivity index (χ0) is 13.7. The Morgan fingerprint density at radius 2 is 1.78 bits per heavy atom. The zero-order valence-electron chi connectivity index (χ0n) is 11.5. The summed E-state index contributed by atoms with van der Waals surface area (Å²) in [6, 6.07) is 8.23. The van der Waals surface area contributed by atoms with Gasteiger partial charge in [0, 0.05) is 12.1 Å². The van der Waals surface area contributed by atoms with Gasteiger partial charge in [-0.2, -0.15) is 0 Å². The third kappa shape index (κ3) is 4.03. The fraction of sp³-hybridized carbons (Fsp3) is 0.571. The fourth-order valence-electron chi connectivity index (χ4n) is 2.10. The molecule has 0 aromatic heterocycles. The monoisotopic (exact) mass is 256 g/mol. The molecule has 1 N–H and O–H groups in total. The molecule has 18 heavy (non-hydrogen) atoms. The average molecular weight is 256 g/mol. The van der Waals surface area contributed by atoms with Crippen LogP contribution in [0.1, 0.15) is 24.1 Å². The fourth-order valence-corrected chi connectivity index (χ4v) is 2.10. The Kier molecular flexibility index (Phi) is 5.69. The van der Waals surface area contributed by atoms with Crippen LogP contribution in [0.25, 0.3) is 0 Å². The van der Waals surface area contributed by atoms with E-state index in [9.17, 15) is 8.78 Å². The SMILES string of the molecule is CNC(c1ccc(C)cc1)C(C)N(C)CC(F)F. The number of aryl methyl sites for hydroxylation is 1. The Labute approximate surface area is 108 Å². The van der Waals surface area contributed by atoms with Gasteiger partial charge >= 0.3 is 0 Å². The maximum atomic E-state index is 12.4. The number of nitrogens with one attached hydrogen (secondary N) is 1. The van der Waals surface area contributed by atoms with Gasteiger partial charge in [0.1, 0.15) is 0 Å². The molecule has 1 aromatic carbocycles. The normalized spacial score (nSPS) is 15.1. The van der Waals surface area contributed by atoms with Crippen LogP contribution in [-0.4, -0.2) is 38.0 Å². The van der Waals surface area contributed by atoms with E-state index in [1.165, 1.54) is 5.56 Å². The van der Waals surface area contributed by atoms with Gasteiger partial charge in [-0.25, -0.2) is 8.78 Å². The van der Waals surface area contributed by atoms with E-state index in [0.717, 1.165) is 5.56 Å². The number of alkyl halides is 2. The summed E-state index contributed by atoms with van der Waals surface area (Å²) in [6.45, 7) is 3.79. The molecular formula is C14H22F2N2. The lowest BCUT2D eigenvalue weighted by molar-refractivity contribution is 0.0755. The standard InChI is InChI=1S/C14H22F2N2/c1-10-5-7-12(8-6-10)14(17-3)11(2)18(4)9-13(15)16/h5-8,11,13-14,17H,9H2,1-4H3. The number of benzene rings is 1. The lowest BCUT2D eigenvalue weighted by atomic mass is 9.98. The summed E-state index contributed by atoms with van der Waals surface area (Å²) < 4.78 is 24.8. The highest BCUT2D eigenvalue weighted by atomic mass is 19.3. The van der Waals surface area contributed by atoms with Crippen molar-refractivity contribution in [3.05, 3.63) is 35.4 Å². The van der Waals surface area contributed by atoms with Crippen LogP contribution in [0.3, 0.4) is 0 Å². The topological polar surface area (TPSA) is 15.3 Å². The van der Waals surface area contributed by atoms with Gasteiger partial charge in [-0.1, -0.05) is 29.8 Å². The summed E-state index contributed by atoms with van der Waals surface area (Å²) in [4.78, 5) is 1.69. The van der Waals surface area contributed by atoms with Crippen LogP contribution < -0.4 is 5.32 Å². The van der Waals surface area contributed by atoms with Crippen molar-refractivity contribution in [2.45, 2.75) is 32.4 Å². The van der Waals surface area contributed by atoms with Gasteiger partial charge in [-0.15, -0.1) is 0 Å². The van der Waals surface area contributed by atoms with E-state index < -0.39 is 6.43 Å². The molecule has 0 amide bonds. The van der Waals surface area contributed by atoms with Gasteiger partial charge in [-0.3, -0.25) is 4.90 Å². The quantitative estimate of drug-likeness (QED) is 0.842. The van der Waals surface area contributed by atoms with Gasteiger partial charge < -0.3 is 5.32 Å². The van der Waals surface area contributed by atoms with Gasteiger partial charge in [-0.05, 0) is 33.5 Å². The van der Waals surface area contributed by atoms with E-state index in [1.807, 2.05) is 45.2 Å². The Morgan fingerprint density at radius 1 is 1.22 bits per heavy atom. The first kappa shape index (κ1) is 15.1. The molecular weight excluding hydrogens is 234 g/mol. The molecule has 0 spiro atoms. The van der Waals surface area contributed by atoms with Crippen molar-refractivity contribution in [1.82, 2.24) is 10.2 Å². The lowest BCUT2D eigenvalue weighted by Crippen LogP contribution is -2.41. The van der Waals surface area contributed by atoms with Crippen molar-refractivity contribution in [1.29, 1.82) is 0 Å². The van der Waals surface area contributed by atoms with Crippen LogP contribution in [0.5, 0.6) is 0 Å². The van der Waals surface area contributed by atoms with Crippen LogP contribution in [0.2, 0.25) is 0 Å². The molecule has 0 aliphatic carbocycles. The molecule has 1 aromatic rings. The van der Waals surface area contributed by atoms with Gasteiger partial charge in [0.2, 0.25) is 0 Å². The Morgan fingerprint density at radius 3 is 2.22 bits per heavy atom. The van der Waals surface area contributed by atoms with Crippen LogP contribution in [0.4, 0.5) is 8.78 Å². The number of likely N-dealkylation sites (N-methyl/N-ethyl adjacent to an activating group) is 2.